The Hall–Kier alpha value is -1.35. The highest BCUT2D eigenvalue weighted by Gasteiger charge is 1.90. The molecule has 0 unspecified atom stereocenters. The van der Waals surface area contributed by atoms with Crippen LogP contribution < -0.4 is 0 Å². The minimum Gasteiger partial charge on any atom is -0.466 e. The fourth-order valence-electron chi connectivity index (χ4n) is 0.707. The molecule has 0 bridgehead atoms. The summed E-state index contributed by atoms with van der Waals surface area (Å²) in [7, 11) is 1.35. The Bertz CT molecular complexity index is 285. The number of rotatable bonds is 2. The molecule has 0 aliphatic heterocycles. The molecule has 0 fully saturated rings. The highest BCUT2D eigenvalue weighted by molar-refractivity contribution is 5.86. The van der Waals surface area contributed by atoms with Gasteiger partial charge in [-0.3, -0.25) is 4.98 Å². The van der Waals surface area contributed by atoms with Gasteiger partial charge in [0.15, 0.2) is 0 Å². The van der Waals surface area contributed by atoms with E-state index in [2.05, 4.69) is 9.72 Å². The van der Waals surface area contributed by atoms with E-state index < -0.39 is 0 Å². The molecule has 0 aromatic carbocycles. The monoisotopic (exact) mass is 199 g/mol. The first-order valence-corrected chi connectivity index (χ1v) is 3.49. The molecule has 1 rings (SSSR count). The number of carbonyl (C=O) groups is 1. The van der Waals surface area contributed by atoms with Crippen molar-refractivity contribution in [3.8, 4) is 0 Å². The van der Waals surface area contributed by atoms with Crippen LogP contribution in [-0.2, 0) is 9.53 Å². The zero-order valence-electron chi connectivity index (χ0n) is 7.14. The molecule has 13 heavy (non-hydrogen) atoms. The van der Waals surface area contributed by atoms with Gasteiger partial charge >= 0.3 is 5.97 Å². The number of pyridine rings is 1. The third kappa shape index (κ3) is 4.28. The minimum atomic E-state index is -0.355. The summed E-state index contributed by atoms with van der Waals surface area (Å²) < 4.78 is 4.43. The van der Waals surface area contributed by atoms with E-state index in [0.29, 0.717) is 0 Å². The number of aromatic nitrogens is 1. The Morgan fingerprint density at radius 3 is 2.62 bits per heavy atom. The van der Waals surface area contributed by atoms with Crippen LogP contribution in [0.2, 0.25) is 0 Å². The van der Waals surface area contributed by atoms with Gasteiger partial charge in [-0.25, -0.2) is 4.79 Å². The van der Waals surface area contributed by atoms with Crippen LogP contribution in [0, 0.1) is 0 Å². The van der Waals surface area contributed by atoms with E-state index in [0.717, 1.165) is 5.56 Å². The number of hydrogen-bond acceptors (Lipinski definition) is 3. The van der Waals surface area contributed by atoms with E-state index in [4.69, 9.17) is 0 Å². The van der Waals surface area contributed by atoms with Crippen LogP contribution in [0.4, 0.5) is 0 Å². The summed E-state index contributed by atoms with van der Waals surface area (Å²) in [6.45, 7) is 0. The SMILES string of the molecule is COC(=O)/C=C/c1ccncc1.Cl. The maximum atomic E-state index is 10.7. The van der Waals surface area contributed by atoms with Crippen LogP contribution in [0.5, 0.6) is 0 Å². The maximum Gasteiger partial charge on any atom is 0.330 e. The fourth-order valence-corrected chi connectivity index (χ4v) is 0.707. The molecule has 0 aliphatic rings. The van der Waals surface area contributed by atoms with Crippen molar-refractivity contribution >= 4 is 24.5 Å². The average Bonchev–Trinajstić information content (AvgIpc) is 2.16. The lowest BCUT2D eigenvalue weighted by Crippen LogP contribution is -1.93. The van der Waals surface area contributed by atoms with Crippen LogP contribution in [0.15, 0.2) is 30.6 Å². The molecule has 1 aromatic rings. The summed E-state index contributed by atoms with van der Waals surface area (Å²) in [4.78, 5) is 14.5. The maximum absolute atomic E-state index is 10.7. The molecule has 1 aromatic heterocycles. The van der Waals surface area contributed by atoms with Gasteiger partial charge in [0.05, 0.1) is 7.11 Å². The molecule has 0 aliphatic carbocycles. The second-order valence-electron chi connectivity index (χ2n) is 2.14. The first-order chi connectivity index (χ1) is 5.83. The first kappa shape index (κ1) is 11.6. The van der Waals surface area contributed by atoms with Crippen LogP contribution >= 0.6 is 12.4 Å². The van der Waals surface area contributed by atoms with Crippen molar-refractivity contribution in [2.75, 3.05) is 7.11 Å². The second kappa shape index (κ2) is 6.20. The topological polar surface area (TPSA) is 39.2 Å². The van der Waals surface area contributed by atoms with E-state index >= 15 is 0 Å². The quantitative estimate of drug-likeness (QED) is 0.538. The van der Waals surface area contributed by atoms with Gasteiger partial charge in [-0.15, -0.1) is 12.4 Å². The predicted molar refractivity (Wildman–Crippen MR) is 52.5 cm³/mol. The van der Waals surface area contributed by atoms with Crippen LogP contribution in [-0.4, -0.2) is 18.1 Å². The van der Waals surface area contributed by atoms with Crippen molar-refractivity contribution in [3.63, 3.8) is 0 Å². The Labute approximate surface area is 82.8 Å². The predicted octanol–water partition coefficient (Wildman–Crippen LogP) is 1.69. The van der Waals surface area contributed by atoms with Gasteiger partial charge in [0.25, 0.3) is 0 Å². The zero-order valence-corrected chi connectivity index (χ0v) is 7.95. The normalized spacial score (nSPS) is 9.31. The van der Waals surface area contributed by atoms with Gasteiger partial charge in [-0.2, -0.15) is 0 Å². The van der Waals surface area contributed by atoms with Crippen LogP contribution in [0.25, 0.3) is 6.08 Å². The van der Waals surface area contributed by atoms with Crippen LogP contribution in [0.3, 0.4) is 0 Å². The highest BCUT2D eigenvalue weighted by atomic mass is 35.5. The molecule has 0 radical (unpaired) electrons. The van der Waals surface area contributed by atoms with E-state index in [9.17, 15) is 4.79 Å². The van der Waals surface area contributed by atoms with Gasteiger partial charge in [-0.05, 0) is 23.8 Å². The fraction of sp³-hybridized carbons (Fsp3) is 0.111. The van der Waals surface area contributed by atoms with Crippen molar-refractivity contribution in [1.29, 1.82) is 0 Å². The molecule has 70 valence electrons. The lowest BCUT2D eigenvalue weighted by molar-refractivity contribution is -0.134. The van der Waals surface area contributed by atoms with E-state index in [1.807, 2.05) is 0 Å². The van der Waals surface area contributed by atoms with Crippen molar-refractivity contribution in [3.05, 3.63) is 36.2 Å². The summed E-state index contributed by atoms with van der Waals surface area (Å²) in [5, 5.41) is 0. The third-order valence-corrected chi connectivity index (χ3v) is 1.32. The molecule has 0 amide bonds. The lowest BCUT2D eigenvalue weighted by Gasteiger charge is -1.90. The number of halogens is 1. The number of hydrogen-bond donors (Lipinski definition) is 0. The standard InChI is InChI=1S/C9H9NO2.ClH/c1-12-9(11)3-2-8-4-6-10-7-5-8;/h2-7H,1H3;1H/b3-2+;. The zero-order chi connectivity index (χ0) is 8.81. The van der Waals surface area contributed by atoms with Crippen molar-refractivity contribution in [2.24, 2.45) is 0 Å². The molecule has 0 spiro atoms. The van der Waals surface area contributed by atoms with Crippen molar-refractivity contribution in [2.45, 2.75) is 0 Å². The van der Waals surface area contributed by atoms with Gasteiger partial charge in [0, 0.05) is 18.5 Å². The number of esters is 1. The number of carbonyl (C=O) groups excluding carboxylic acids is 1. The largest absolute Gasteiger partial charge is 0.466 e. The Balaban J connectivity index is 0.00000144. The molecule has 0 atom stereocenters. The average molecular weight is 200 g/mol. The van der Waals surface area contributed by atoms with Gasteiger partial charge < -0.3 is 4.74 Å². The third-order valence-electron chi connectivity index (χ3n) is 1.32. The Kier molecular flexibility index (Phi) is 5.55. The molecular formula is C9H10ClNO2. The smallest absolute Gasteiger partial charge is 0.330 e. The molecule has 3 nitrogen and oxygen atoms in total. The summed E-state index contributed by atoms with van der Waals surface area (Å²) in [5.74, 6) is -0.355. The molecule has 1 heterocycles. The summed E-state index contributed by atoms with van der Waals surface area (Å²) in [6, 6.07) is 3.61. The van der Waals surface area contributed by atoms with Gasteiger partial charge in [-0.1, -0.05) is 0 Å². The first-order valence-electron chi connectivity index (χ1n) is 3.49. The van der Waals surface area contributed by atoms with E-state index in [1.165, 1.54) is 13.2 Å². The number of nitrogens with zero attached hydrogens (tertiary/aromatic N) is 1. The number of ether oxygens (including phenoxy) is 1. The molecular weight excluding hydrogens is 190 g/mol. The van der Waals surface area contributed by atoms with Crippen LogP contribution in [0.1, 0.15) is 5.56 Å². The van der Waals surface area contributed by atoms with E-state index in [1.54, 1.807) is 30.6 Å². The highest BCUT2D eigenvalue weighted by Crippen LogP contribution is 1.98. The summed E-state index contributed by atoms with van der Waals surface area (Å²) >= 11 is 0. The second-order valence-corrected chi connectivity index (χ2v) is 2.14. The Morgan fingerprint density at radius 2 is 2.08 bits per heavy atom. The van der Waals surface area contributed by atoms with Gasteiger partial charge in [0.1, 0.15) is 0 Å². The Morgan fingerprint density at radius 1 is 1.46 bits per heavy atom. The van der Waals surface area contributed by atoms with Crippen molar-refractivity contribution in [1.82, 2.24) is 4.98 Å². The molecule has 0 N–H and O–H groups in total. The van der Waals surface area contributed by atoms with Crippen molar-refractivity contribution < 1.29 is 9.53 Å². The molecule has 0 saturated heterocycles. The number of methoxy groups -OCH3 is 1. The summed E-state index contributed by atoms with van der Waals surface area (Å²) in [6.07, 6.45) is 6.37. The molecule has 4 heteroatoms. The van der Waals surface area contributed by atoms with Gasteiger partial charge in [0.2, 0.25) is 0 Å². The van der Waals surface area contributed by atoms with E-state index in [-0.39, 0.29) is 18.4 Å². The summed E-state index contributed by atoms with van der Waals surface area (Å²) in [5.41, 5.74) is 0.926. The minimum absolute atomic E-state index is 0. The molecule has 0 saturated carbocycles. The lowest BCUT2D eigenvalue weighted by atomic mass is 10.2.